The first kappa shape index (κ1) is 9.61. The number of hydrogen-bond acceptors (Lipinski definition) is 5. The van der Waals surface area contributed by atoms with Gasteiger partial charge in [-0.2, -0.15) is 0 Å². The van der Waals surface area contributed by atoms with E-state index in [1.54, 1.807) is 18.0 Å². The number of thioether (sulfide) groups is 1. The van der Waals surface area contributed by atoms with E-state index < -0.39 is 0 Å². The first-order valence-corrected chi connectivity index (χ1v) is 5.93. The predicted octanol–water partition coefficient (Wildman–Crippen LogP) is 2.92. The molecule has 74 valence electrons. The molecular weight excluding hydrogens is 216 g/mol. The van der Waals surface area contributed by atoms with Crippen LogP contribution in [0.15, 0.2) is 27.0 Å². The highest BCUT2D eigenvalue weighted by molar-refractivity contribution is 8.00. The number of nitrogens with zero attached hydrogens (tertiary/aromatic N) is 1. The van der Waals surface area contributed by atoms with Crippen molar-refractivity contribution in [2.24, 2.45) is 0 Å². The highest BCUT2D eigenvalue weighted by Crippen LogP contribution is 2.29. The molecule has 0 aliphatic rings. The van der Waals surface area contributed by atoms with E-state index in [4.69, 9.17) is 10.2 Å². The molecule has 2 rings (SSSR count). The fraction of sp³-hybridized carbons (Fsp3) is 0.222. The number of nitrogens with two attached hydrogens (primary N) is 1. The highest BCUT2D eigenvalue weighted by atomic mass is 32.2. The van der Waals surface area contributed by atoms with Crippen molar-refractivity contribution in [2.75, 3.05) is 5.73 Å². The second kappa shape index (κ2) is 4.06. The lowest BCUT2D eigenvalue weighted by molar-refractivity contribution is 0.501. The van der Waals surface area contributed by atoms with Crippen LogP contribution in [0.2, 0.25) is 0 Å². The van der Waals surface area contributed by atoms with E-state index in [1.807, 2.05) is 19.1 Å². The Hall–Kier alpha value is -0.940. The molecule has 2 aromatic heterocycles. The lowest BCUT2D eigenvalue weighted by atomic mass is 10.5. The predicted molar refractivity (Wildman–Crippen MR) is 59.5 cm³/mol. The third kappa shape index (κ3) is 2.30. The maximum absolute atomic E-state index is 5.52. The number of aromatic nitrogens is 1. The molecule has 0 aliphatic heterocycles. The monoisotopic (exact) mass is 226 g/mol. The van der Waals surface area contributed by atoms with Gasteiger partial charge in [-0.25, -0.2) is 4.98 Å². The van der Waals surface area contributed by atoms with Gasteiger partial charge in [0.25, 0.3) is 0 Å². The van der Waals surface area contributed by atoms with Gasteiger partial charge in [0.15, 0.2) is 5.13 Å². The van der Waals surface area contributed by atoms with Crippen molar-refractivity contribution < 1.29 is 4.42 Å². The van der Waals surface area contributed by atoms with E-state index in [9.17, 15) is 0 Å². The number of aryl methyl sites for hydroxylation is 1. The molecule has 3 nitrogen and oxygen atoms in total. The molecule has 0 bridgehead atoms. The summed E-state index contributed by atoms with van der Waals surface area (Å²) in [7, 11) is 0. The quantitative estimate of drug-likeness (QED) is 0.818. The van der Waals surface area contributed by atoms with Crippen LogP contribution in [0.3, 0.4) is 0 Å². The number of anilines is 1. The summed E-state index contributed by atoms with van der Waals surface area (Å²) in [6.45, 7) is 1.94. The molecule has 2 aromatic rings. The molecule has 0 amide bonds. The molecule has 0 spiro atoms. The summed E-state index contributed by atoms with van der Waals surface area (Å²) in [6.07, 6.45) is 1.79. The minimum Gasteiger partial charge on any atom is -0.465 e. The fourth-order valence-electron chi connectivity index (χ4n) is 1.04. The molecule has 0 radical (unpaired) electrons. The van der Waals surface area contributed by atoms with Crippen molar-refractivity contribution in [3.05, 3.63) is 29.9 Å². The van der Waals surface area contributed by atoms with Crippen LogP contribution in [-0.2, 0) is 5.75 Å². The Balaban J connectivity index is 1.94. The third-order valence-corrected chi connectivity index (χ3v) is 3.70. The SMILES string of the molecule is Cc1ccc(CSc2cnc(N)s2)o1. The van der Waals surface area contributed by atoms with Crippen molar-refractivity contribution in [2.45, 2.75) is 16.9 Å². The van der Waals surface area contributed by atoms with Gasteiger partial charge in [-0.1, -0.05) is 11.3 Å². The van der Waals surface area contributed by atoms with Crippen molar-refractivity contribution in [3.63, 3.8) is 0 Å². The first-order chi connectivity index (χ1) is 6.74. The molecule has 0 aliphatic carbocycles. The minimum atomic E-state index is 0.614. The summed E-state index contributed by atoms with van der Waals surface area (Å²) >= 11 is 3.19. The third-order valence-electron chi connectivity index (χ3n) is 1.66. The number of hydrogen-bond donors (Lipinski definition) is 1. The summed E-state index contributed by atoms with van der Waals surface area (Å²) in [5.41, 5.74) is 5.52. The van der Waals surface area contributed by atoms with Gasteiger partial charge >= 0.3 is 0 Å². The normalized spacial score (nSPS) is 10.6. The standard InChI is InChI=1S/C9H10N2OS2/c1-6-2-3-7(12-6)5-13-8-4-11-9(10)14-8/h2-4H,5H2,1H3,(H2,10,11). The maximum Gasteiger partial charge on any atom is 0.181 e. The van der Waals surface area contributed by atoms with E-state index >= 15 is 0 Å². The number of thiazole rings is 1. The number of rotatable bonds is 3. The van der Waals surface area contributed by atoms with Crippen molar-refractivity contribution in [3.8, 4) is 0 Å². The van der Waals surface area contributed by atoms with Crippen molar-refractivity contribution in [1.29, 1.82) is 0 Å². The Kier molecular flexibility index (Phi) is 2.79. The zero-order valence-electron chi connectivity index (χ0n) is 7.69. The average molecular weight is 226 g/mol. The second-order valence-electron chi connectivity index (χ2n) is 2.82. The van der Waals surface area contributed by atoms with Gasteiger partial charge < -0.3 is 10.2 Å². The zero-order valence-corrected chi connectivity index (χ0v) is 9.32. The summed E-state index contributed by atoms with van der Waals surface area (Å²) in [4.78, 5) is 3.98. The van der Waals surface area contributed by atoms with Crippen LogP contribution in [0.1, 0.15) is 11.5 Å². The molecule has 0 saturated heterocycles. The first-order valence-electron chi connectivity index (χ1n) is 4.13. The van der Waals surface area contributed by atoms with Crippen molar-refractivity contribution >= 4 is 28.2 Å². The average Bonchev–Trinajstić information content (AvgIpc) is 2.72. The second-order valence-corrected chi connectivity index (χ2v) is 5.16. The molecule has 0 aromatic carbocycles. The van der Waals surface area contributed by atoms with Crippen molar-refractivity contribution in [1.82, 2.24) is 4.98 Å². The van der Waals surface area contributed by atoms with Crippen LogP contribution < -0.4 is 5.73 Å². The molecule has 0 unspecified atom stereocenters. The van der Waals surface area contributed by atoms with Gasteiger partial charge in [0.1, 0.15) is 11.5 Å². The van der Waals surface area contributed by atoms with Crippen LogP contribution in [0, 0.1) is 6.92 Å². The Morgan fingerprint density at radius 3 is 3.00 bits per heavy atom. The van der Waals surface area contributed by atoms with Gasteiger partial charge in [0, 0.05) is 0 Å². The lowest BCUT2D eigenvalue weighted by Gasteiger charge is -1.93. The molecule has 0 atom stereocenters. The highest BCUT2D eigenvalue weighted by Gasteiger charge is 2.02. The smallest absolute Gasteiger partial charge is 0.181 e. The van der Waals surface area contributed by atoms with E-state index in [1.165, 1.54) is 11.3 Å². The van der Waals surface area contributed by atoms with E-state index in [-0.39, 0.29) is 0 Å². The fourth-order valence-corrected chi connectivity index (χ4v) is 2.70. The van der Waals surface area contributed by atoms with Gasteiger partial charge in [-0.05, 0) is 19.1 Å². The Morgan fingerprint density at radius 1 is 1.57 bits per heavy atom. The Bertz CT molecular complexity index is 382. The van der Waals surface area contributed by atoms with Gasteiger partial charge in [0.2, 0.25) is 0 Å². The molecule has 2 N–H and O–H groups in total. The number of furan rings is 1. The summed E-state index contributed by atoms with van der Waals surface area (Å²) in [5, 5.41) is 0.614. The Morgan fingerprint density at radius 2 is 2.43 bits per heavy atom. The molecule has 5 heteroatoms. The molecule has 2 heterocycles. The van der Waals surface area contributed by atoms with Crippen LogP contribution in [0.4, 0.5) is 5.13 Å². The van der Waals surface area contributed by atoms with E-state index in [0.29, 0.717) is 5.13 Å². The van der Waals surface area contributed by atoms with E-state index in [2.05, 4.69) is 4.98 Å². The van der Waals surface area contributed by atoms with E-state index in [0.717, 1.165) is 21.5 Å². The van der Waals surface area contributed by atoms with Crippen LogP contribution >= 0.6 is 23.1 Å². The van der Waals surface area contributed by atoms with Crippen LogP contribution in [0.5, 0.6) is 0 Å². The summed E-state index contributed by atoms with van der Waals surface area (Å²) in [6, 6.07) is 3.96. The zero-order chi connectivity index (χ0) is 9.97. The minimum absolute atomic E-state index is 0.614. The van der Waals surface area contributed by atoms with Gasteiger partial charge in [0.05, 0.1) is 16.2 Å². The maximum atomic E-state index is 5.52. The summed E-state index contributed by atoms with van der Waals surface area (Å²) < 4.78 is 6.57. The molecule has 14 heavy (non-hydrogen) atoms. The Labute approximate surface area is 90.3 Å². The lowest BCUT2D eigenvalue weighted by Crippen LogP contribution is -1.77. The topological polar surface area (TPSA) is 52.0 Å². The van der Waals surface area contributed by atoms with Gasteiger partial charge in [-0.3, -0.25) is 0 Å². The largest absolute Gasteiger partial charge is 0.465 e. The molecule has 0 saturated carbocycles. The number of nitrogen functional groups attached to an aromatic ring is 1. The summed E-state index contributed by atoms with van der Waals surface area (Å²) in [5.74, 6) is 2.76. The molecule has 0 fully saturated rings. The molecular formula is C9H10N2OS2. The van der Waals surface area contributed by atoms with Gasteiger partial charge in [-0.15, -0.1) is 11.8 Å². The van der Waals surface area contributed by atoms with Crippen LogP contribution in [0.25, 0.3) is 0 Å². The van der Waals surface area contributed by atoms with Crippen LogP contribution in [-0.4, -0.2) is 4.98 Å².